The zero-order valence-corrected chi connectivity index (χ0v) is 12.3. The lowest BCUT2D eigenvalue weighted by molar-refractivity contribution is -0.137. The molecule has 0 saturated heterocycles. The number of aliphatic carboxylic acids is 1. The molecule has 6 nitrogen and oxygen atoms in total. The maximum absolute atomic E-state index is 11.9. The molecule has 0 aliphatic heterocycles. The number of carboxylic acid groups (broad SMARTS) is 1. The molecule has 0 radical (unpaired) electrons. The van der Waals surface area contributed by atoms with E-state index in [1.165, 1.54) is 0 Å². The van der Waals surface area contributed by atoms with Crippen LogP contribution in [0.25, 0.3) is 0 Å². The summed E-state index contributed by atoms with van der Waals surface area (Å²) in [6.45, 7) is 3.07. The maximum atomic E-state index is 11.9. The van der Waals surface area contributed by atoms with Gasteiger partial charge in [-0.3, -0.25) is 9.59 Å². The van der Waals surface area contributed by atoms with E-state index >= 15 is 0 Å². The second kappa shape index (κ2) is 8.97. The van der Waals surface area contributed by atoms with Crippen LogP contribution >= 0.6 is 0 Å². The molecule has 0 fully saturated rings. The monoisotopic (exact) mass is 295 g/mol. The van der Waals surface area contributed by atoms with E-state index < -0.39 is 5.97 Å². The van der Waals surface area contributed by atoms with Gasteiger partial charge in [0.05, 0.1) is 6.61 Å². The van der Waals surface area contributed by atoms with Gasteiger partial charge >= 0.3 is 5.97 Å². The van der Waals surface area contributed by atoms with Crippen molar-refractivity contribution in [3.8, 4) is 5.75 Å². The van der Waals surface area contributed by atoms with Gasteiger partial charge in [-0.15, -0.1) is 0 Å². The fourth-order valence-corrected chi connectivity index (χ4v) is 1.68. The number of benzene rings is 1. The predicted molar refractivity (Wildman–Crippen MR) is 77.6 cm³/mol. The zero-order valence-electron chi connectivity index (χ0n) is 12.3. The van der Waals surface area contributed by atoms with Gasteiger partial charge in [0.2, 0.25) is 0 Å². The van der Waals surface area contributed by atoms with Gasteiger partial charge in [0.25, 0.3) is 5.91 Å². The molecule has 116 valence electrons. The number of hydrogen-bond donors (Lipinski definition) is 2. The summed E-state index contributed by atoms with van der Waals surface area (Å²) in [5.74, 6) is -0.532. The molecule has 0 heterocycles. The largest absolute Gasteiger partial charge is 0.491 e. The first kappa shape index (κ1) is 17.0. The fraction of sp³-hybridized carbons (Fsp3) is 0.467. The van der Waals surface area contributed by atoms with Gasteiger partial charge in [-0.05, 0) is 30.2 Å². The van der Waals surface area contributed by atoms with Crippen LogP contribution in [0, 0.1) is 5.92 Å². The van der Waals surface area contributed by atoms with Crippen molar-refractivity contribution < 1.29 is 24.2 Å². The quantitative estimate of drug-likeness (QED) is 0.675. The fourth-order valence-electron chi connectivity index (χ4n) is 1.68. The third-order valence-electron chi connectivity index (χ3n) is 2.81. The van der Waals surface area contributed by atoms with E-state index in [9.17, 15) is 9.59 Å². The molecule has 0 aliphatic carbocycles. The van der Waals surface area contributed by atoms with Gasteiger partial charge in [-0.1, -0.05) is 6.92 Å². The highest BCUT2D eigenvalue weighted by Crippen LogP contribution is 2.12. The summed E-state index contributed by atoms with van der Waals surface area (Å²) in [4.78, 5) is 22.4. The molecule has 1 atom stereocenters. The predicted octanol–water partition coefficient (Wildman–Crippen LogP) is 1.55. The topological polar surface area (TPSA) is 84.9 Å². The molecule has 0 saturated carbocycles. The summed E-state index contributed by atoms with van der Waals surface area (Å²) >= 11 is 0. The number of hydrogen-bond acceptors (Lipinski definition) is 4. The van der Waals surface area contributed by atoms with E-state index in [1.54, 1.807) is 38.3 Å². The lowest BCUT2D eigenvalue weighted by Crippen LogP contribution is -2.29. The Bertz CT molecular complexity index is 458. The highest BCUT2D eigenvalue weighted by Gasteiger charge is 2.10. The summed E-state index contributed by atoms with van der Waals surface area (Å²) in [7, 11) is 1.60. The van der Waals surface area contributed by atoms with Crippen LogP contribution in [0.3, 0.4) is 0 Å². The van der Waals surface area contributed by atoms with Gasteiger partial charge in [-0.2, -0.15) is 0 Å². The Kier molecular flexibility index (Phi) is 7.25. The molecule has 21 heavy (non-hydrogen) atoms. The molecule has 1 amide bonds. The number of amides is 1. The van der Waals surface area contributed by atoms with Crippen LogP contribution in [0.15, 0.2) is 24.3 Å². The van der Waals surface area contributed by atoms with E-state index in [4.69, 9.17) is 14.6 Å². The summed E-state index contributed by atoms with van der Waals surface area (Å²) in [6, 6.07) is 6.76. The number of nitrogens with one attached hydrogen (secondary N) is 1. The average molecular weight is 295 g/mol. The lowest BCUT2D eigenvalue weighted by atomic mass is 10.1. The Hall–Kier alpha value is -2.08. The summed E-state index contributed by atoms with van der Waals surface area (Å²) in [6.07, 6.45) is 0.0343. The van der Waals surface area contributed by atoms with Crippen molar-refractivity contribution in [1.29, 1.82) is 0 Å². The zero-order chi connectivity index (χ0) is 15.7. The number of carbonyl (C=O) groups excluding carboxylic acids is 1. The first-order valence-corrected chi connectivity index (χ1v) is 6.74. The maximum Gasteiger partial charge on any atom is 0.303 e. The van der Waals surface area contributed by atoms with Crippen molar-refractivity contribution in [2.45, 2.75) is 13.3 Å². The SMILES string of the molecule is COCCOc1ccc(C(=O)NCC(C)CC(=O)O)cc1. The van der Waals surface area contributed by atoms with E-state index in [2.05, 4.69) is 5.32 Å². The van der Waals surface area contributed by atoms with E-state index in [1.807, 2.05) is 0 Å². The third-order valence-corrected chi connectivity index (χ3v) is 2.81. The molecule has 1 aromatic carbocycles. The van der Waals surface area contributed by atoms with Gasteiger partial charge in [0.1, 0.15) is 12.4 Å². The molecule has 0 aromatic heterocycles. The van der Waals surface area contributed by atoms with Crippen LogP contribution in [0.4, 0.5) is 0 Å². The van der Waals surface area contributed by atoms with Crippen LogP contribution in [0.1, 0.15) is 23.7 Å². The third kappa shape index (κ3) is 6.76. The Morgan fingerprint density at radius 3 is 2.48 bits per heavy atom. The van der Waals surface area contributed by atoms with Gasteiger partial charge in [0, 0.05) is 25.6 Å². The Labute approximate surface area is 124 Å². The molecule has 0 bridgehead atoms. The van der Waals surface area contributed by atoms with Crippen LogP contribution in [0.2, 0.25) is 0 Å². The van der Waals surface area contributed by atoms with E-state index in [0.29, 0.717) is 31.1 Å². The number of rotatable bonds is 9. The van der Waals surface area contributed by atoms with E-state index in [-0.39, 0.29) is 18.2 Å². The molecule has 1 unspecified atom stereocenters. The second-order valence-electron chi connectivity index (χ2n) is 4.78. The molecular formula is C15H21NO5. The molecule has 1 aromatic rings. The summed E-state index contributed by atoms with van der Waals surface area (Å²) < 4.78 is 10.3. The first-order chi connectivity index (χ1) is 10.0. The van der Waals surface area contributed by atoms with Crippen LogP contribution in [-0.2, 0) is 9.53 Å². The highest BCUT2D eigenvalue weighted by atomic mass is 16.5. The second-order valence-corrected chi connectivity index (χ2v) is 4.78. The first-order valence-electron chi connectivity index (χ1n) is 6.74. The Morgan fingerprint density at radius 2 is 1.90 bits per heavy atom. The Morgan fingerprint density at radius 1 is 1.24 bits per heavy atom. The molecule has 0 spiro atoms. The average Bonchev–Trinajstić information content (AvgIpc) is 2.45. The van der Waals surface area contributed by atoms with Gasteiger partial charge in [-0.25, -0.2) is 0 Å². The van der Waals surface area contributed by atoms with Crippen molar-refractivity contribution in [1.82, 2.24) is 5.32 Å². The van der Waals surface area contributed by atoms with Crippen LogP contribution in [-0.4, -0.2) is 43.9 Å². The molecular weight excluding hydrogens is 274 g/mol. The van der Waals surface area contributed by atoms with Crippen LogP contribution < -0.4 is 10.1 Å². The molecule has 0 aliphatic rings. The van der Waals surface area contributed by atoms with Gasteiger partial charge < -0.3 is 19.9 Å². The van der Waals surface area contributed by atoms with Crippen molar-refractivity contribution >= 4 is 11.9 Å². The van der Waals surface area contributed by atoms with Gasteiger partial charge in [0.15, 0.2) is 0 Å². The summed E-state index contributed by atoms with van der Waals surface area (Å²) in [5.41, 5.74) is 0.511. The van der Waals surface area contributed by atoms with Crippen molar-refractivity contribution in [2.75, 3.05) is 26.9 Å². The number of carbonyl (C=O) groups is 2. The minimum atomic E-state index is -0.866. The number of carboxylic acids is 1. The molecule has 2 N–H and O–H groups in total. The van der Waals surface area contributed by atoms with Crippen molar-refractivity contribution in [2.24, 2.45) is 5.92 Å². The summed E-state index contributed by atoms with van der Waals surface area (Å²) in [5, 5.41) is 11.4. The normalized spacial score (nSPS) is 11.7. The molecule has 6 heteroatoms. The number of methoxy groups -OCH3 is 1. The standard InChI is InChI=1S/C15H21NO5/c1-11(9-14(17)18)10-16-15(19)12-3-5-13(6-4-12)21-8-7-20-2/h3-6,11H,7-10H2,1-2H3,(H,16,19)(H,17,18). The Balaban J connectivity index is 2.42. The minimum Gasteiger partial charge on any atom is -0.491 e. The smallest absolute Gasteiger partial charge is 0.303 e. The molecule has 1 rings (SSSR count). The van der Waals surface area contributed by atoms with Crippen molar-refractivity contribution in [3.05, 3.63) is 29.8 Å². The van der Waals surface area contributed by atoms with E-state index in [0.717, 1.165) is 0 Å². The minimum absolute atomic E-state index is 0.0343. The number of ether oxygens (including phenoxy) is 2. The van der Waals surface area contributed by atoms with Crippen LogP contribution in [0.5, 0.6) is 5.75 Å². The lowest BCUT2D eigenvalue weighted by Gasteiger charge is -2.11. The van der Waals surface area contributed by atoms with Crippen molar-refractivity contribution in [3.63, 3.8) is 0 Å². The highest BCUT2D eigenvalue weighted by molar-refractivity contribution is 5.94.